The minimum absolute atomic E-state index is 0.214. The van der Waals surface area contributed by atoms with Crippen LogP contribution in [-0.4, -0.2) is 15.0 Å². The number of fused-ring (bicyclic) bond motifs is 1. The lowest BCUT2D eigenvalue weighted by Crippen LogP contribution is -2.03. The van der Waals surface area contributed by atoms with Crippen molar-refractivity contribution in [1.29, 1.82) is 0 Å². The van der Waals surface area contributed by atoms with E-state index in [0.29, 0.717) is 27.3 Å². The van der Waals surface area contributed by atoms with Gasteiger partial charge in [-0.1, -0.05) is 41.4 Å². The standard InChI is InChI=1S/C20H15Cl2N5O/c1-11-5-6-12-3-2-4-16(18(12)26-11)28-20-17(23)19(24-10-25-20)27-15-9-13(21)7-8-14(15)22/h2-10H,23H2,1H3,(H,24,25,27). The maximum atomic E-state index is 6.23. The van der Waals surface area contributed by atoms with E-state index < -0.39 is 0 Å². The van der Waals surface area contributed by atoms with Gasteiger partial charge >= 0.3 is 0 Å². The third kappa shape index (κ3) is 3.65. The van der Waals surface area contributed by atoms with Crippen molar-refractivity contribution in [3.63, 3.8) is 0 Å². The van der Waals surface area contributed by atoms with E-state index in [1.807, 2.05) is 37.3 Å². The minimum atomic E-state index is 0.214. The summed E-state index contributed by atoms with van der Waals surface area (Å²) < 4.78 is 5.97. The summed E-state index contributed by atoms with van der Waals surface area (Å²) in [7, 11) is 0. The summed E-state index contributed by atoms with van der Waals surface area (Å²) in [6.07, 6.45) is 1.36. The second-order valence-corrected chi connectivity index (χ2v) is 6.92. The fourth-order valence-corrected chi connectivity index (χ4v) is 3.02. The largest absolute Gasteiger partial charge is 0.435 e. The first-order valence-corrected chi connectivity index (χ1v) is 9.13. The first kappa shape index (κ1) is 18.3. The van der Waals surface area contributed by atoms with Gasteiger partial charge in [0.1, 0.15) is 17.5 Å². The predicted octanol–water partition coefficient (Wildman–Crippen LogP) is 5.76. The van der Waals surface area contributed by atoms with Crippen molar-refractivity contribution in [3.8, 4) is 11.6 Å². The smallest absolute Gasteiger partial charge is 0.248 e. The third-order valence-corrected chi connectivity index (χ3v) is 4.62. The van der Waals surface area contributed by atoms with Crippen molar-refractivity contribution in [2.75, 3.05) is 11.1 Å². The van der Waals surface area contributed by atoms with Gasteiger partial charge in [-0.15, -0.1) is 0 Å². The summed E-state index contributed by atoms with van der Waals surface area (Å²) >= 11 is 12.2. The summed E-state index contributed by atoms with van der Waals surface area (Å²) in [6.45, 7) is 1.92. The molecule has 4 aromatic rings. The molecular formula is C20H15Cl2N5O. The number of nitrogens with zero attached hydrogens (tertiary/aromatic N) is 3. The zero-order valence-electron chi connectivity index (χ0n) is 14.8. The van der Waals surface area contributed by atoms with Gasteiger partial charge in [0.05, 0.1) is 10.7 Å². The van der Waals surface area contributed by atoms with Crippen LogP contribution in [-0.2, 0) is 0 Å². The number of hydrogen-bond acceptors (Lipinski definition) is 6. The Balaban J connectivity index is 1.70. The average molecular weight is 412 g/mol. The molecule has 0 radical (unpaired) electrons. The van der Waals surface area contributed by atoms with Gasteiger partial charge in [0.2, 0.25) is 5.88 Å². The minimum Gasteiger partial charge on any atom is -0.435 e. The van der Waals surface area contributed by atoms with Crippen LogP contribution >= 0.6 is 23.2 Å². The Morgan fingerprint density at radius 2 is 1.89 bits per heavy atom. The zero-order chi connectivity index (χ0) is 19.7. The van der Waals surface area contributed by atoms with E-state index in [1.165, 1.54) is 6.33 Å². The Morgan fingerprint density at radius 1 is 1.04 bits per heavy atom. The Kier molecular flexibility index (Phi) is 4.90. The molecule has 0 bridgehead atoms. The highest BCUT2D eigenvalue weighted by molar-refractivity contribution is 6.35. The fourth-order valence-electron chi connectivity index (χ4n) is 2.69. The van der Waals surface area contributed by atoms with E-state index in [1.54, 1.807) is 18.2 Å². The SMILES string of the molecule is Cc1ccc2cccc(Oc3ncnc(Nc4cc(Cl)ccc4Cl)c3N)c2n1. The fraction of sp³-hybridized carbons (Fsp3) is 0.0500. The number of aromatic nitrogens is 3. The number of halogens is 2. The van der Waals surface area contributed by atoms with Crippen molar-refractivity contribution in [3.05, 3.63) is 70.6 Å². The zero-order valence-corrected chi connectivity index (χ0v) is 16.3. The molecule has 2 aromatic heterocycles. The molecule has 3 N–H and O–H groups in total. The van der Waals surface area contributed by atoms with Crippen LogP contribution in [0.25, 0.3) is 10.9 Å². The number of nitrogen functional groups attached to an aromatic ring is 1. The summed E-state index contributed by atoms with van der Waals surface area (Å²) in [5, 5.41) is 5.04. The number of nitrogens with one attached hydrogen (secondary N) is 1. The van der Waals surface area contributed by atoms with Gasteiger partial charge in [-0.25, -0.2) is 9.97 Å². The number of pyridine rings is 1. The van der Waals surface area contributed by atoms with Gasteiger partial charge in [-0.3, -0.25) is 0 Å². The number of ether oxygens (including phenoxy) is 1. The lowest BCUT2D eigenvalue weighted by molar-refractivity contribution is 0.469. The molecule has 28 heavy (non-hydrogen) atoms. The molecule has 0 aliphatic heterocycles. The number of benzene rings is 2. The topological polar surface area (TPSA) is 86.0 Å². The highest BCUT2D eigenvalue weighted by atomic mass is 35.5. The van der Waals surface area contributed by atoms with Crippen molar-refractivity contribution >= 4 is 51.3 Å². The van der Waals surface area contributed by atoms with Crippen molar-refractivity contribution in [2.24, 2.45) is 0 Å². The lowest BCUT2D eigenvalue weighted by Gasteiger charge is -2.13. The van der Waals surface area contributed by atoms with Crippen LogP contribution in [0.3, 0.4) is 0 Å². The molecule has 0 amide bonds. The highest BCUT2D eigenvalue weighted by Gasteiger charge is 2.14. The third-order valence-electron chi connectivity index (χ3n) is 4.06. The lowest BCUT2D eigenvalue weighted by atomic mass is 10.2. The molecule has 8 heteroatoms. The molecule has 2 aromatic carbocycles. The summed E-state index contributed by atoms with van der Waals surface area (Å²) in [5.74, 6) is 1.13. The van der Waals surface area contributed by atoms with Gasteiger partial charge in [0, 0.05) is 16.1 Å². The molecule has 0 saturated carbocycles. The molecule has 2 heterocycles. The van der Waals surface area contributed by atoms with E-state index in [2.05, 4.69) is 20.3 Å². The quantitative estimate of drug-likeness (QED) is 0.443. The molecule has 0 unspecified atom stereocenters. The molecule has 140 valence electrons. The Morgan fingerprint density at radius 3 is 2.75 bits per heavy atom. The first-order chi connectivity index (χ1) is 13.5. The second-order valence-electron chi connectivity index (χ2n) is 6.07. The van der Waals surface area contributed by atoms with E-state index in [4.69, 9.17) is 33.7 Å². The van der Waals surface area contributed by atoms with Gasteiger partial charge < -0.3 is 15.8 Å². The number of hydrogen-bond donors (Lipinski definition) is 2. The molecule has 0 atom stereocenters. The van der Waals surface area contributed by atoms with E-state index in [9.17, 15) is 0 Å². The van der Waals surface area contributed by atoms with Gasteiger partial charge in [0.25, 0.3) is 0 Å². The van der Waals surface area contributed by atoms with Crippen molar-refractivity contribution < 1.29 is 4.74 Å². The van der Waals surface area contributed by atoms with E-state index in [0.717, 1.165) is 16.6 Å². The summed E-state index contributed by atoms with van der Waals surface area (Å²) in [4.78, 5) is 12.9. The monoisotopic (exact) mass is 411 g/mol. The molecule has 0 saturated heterocycles. The maximum Gasteiger partial charge on any atom is 0.248 e. The number of aryl methyl sites for hydroxylation is 1. The Hall–Kier alpha value is -3.09. The summed E-state index contributed by atoms with van der Waals surface area (Å²) in [6, 6.07) is 14.7. The second kappa shape index (κ2) is 7.50. The number of anilines is 3. The molecule has 0 fully saturated rings. The Bertz CT molecular complexity index is 1180. The van der Waals surface area contributed by atoms with Crippen molar-refractivity contribution in [1.82, 2.24) is 15.0 Å². The van der Waals surface area contributed by atoms with Crippen LogP contribution < -0.4 is 15.8 Å². The highest BCUT2D eigenvalue weighted by Crippen LogP contribution is 2.35. The number of para-hydroxylation sites is 1. The molecule has 0 aliphatic carbocycles. The van der Waals surface area contributed by atoms with Gasteiger partial charge in [-0.05, 0) is 37.3 Å². The maximum absolute atomic E-state index is 6.23. The van der Waals surface area contributed by atoms with Crippen LogP contribution in [0, 0.1) is 6.92 Å². The van der Waals surface area contributed by atoms with Crippen LogP contribution in [0.15, 0.2) is 54.9 Å². The van der Waals surface area contributed by atoms with Crippen LogP contribution in [0.4, 0.5) is 17.2 Å². The van der Waals surface area contributed by atoms with Crippen LogP contribution in [0.2, 0.25) is 10.0 Å². The molecule has 6 nitrogen and oxygen atoms in total. The average Bonchev–Trinajstić information content (AvgIpc) is 2.68. The van der Waals surface area contributed by atoms with E-state index in [-0.39, 0.29) is 11.6 Å². The van der Waals surface area contributed by atoms with Crippen LogP contribution in [0.1, 0.15) is 5.69 Å². The normalized spacial score (nSPS) is 10.8. The first-order valence-electron chi connectivity index (χ1n) is 8.38. The molecule has 4 rings (SSSR count). The summed E-state index contributed by atoms with van der Waals surface area (Å²) in [5.41, 5.74) is 8.66. The van der Waals surface area contributed by atoms with Crippen molar-refractivity contribution in [2.45, 2.75) is 6.92 Å². The molecular weight excluding hydrogens is 397 g/mol. The molecule has 0 aliphatic rings. The number of rotatable bonds is 4. The molecule has 0 spiro atoms. The number of nitrogens with two attached hydrogens (primary N) is 1. The predicted molar refractivity (Wildman–Crippen MR) is 113 cm³/mol. The van der Waals surface area contributed by atoms with Gasteiger partial charge in [0.15, 0.2) is 11.6 Å². The van der Waals surface area contributed by atoms with Gasteiger partial charge in [-0.2, -0.15) is 4.98 Å². The van der Waals surface area contributed by atoms with Crippen LogP contribution in [0.5, 0.6) is 11.6 Å². The van der Waals surface area contributed by atoms with E-state index >= 15 is 0 Å². The Labute approximate surface area is 171 Å².